The fourth-order valence-corrected chi connectivity index (χ4v) is 2.86. The summed E-state index contributed by atoms with van der Waals surface area (Å²) in [4.78, 5) is 10.7. The molecule has 0 atom stereocenters. The summed E-state index contributed by atoms with van der Waals surface area (Å²) in [5, 5.41) is 8.75. The molecule has 1 fully saturated rings. The summed E-state index contributed by atoms with van der Waals surface area (Å²) in [5.41, 5.74) is 1.80. The van der Waals surface area contributed by atoms with Crippen molar-refractivity contribution in [2.45, 2.75) is 19.3 Å². The van der Waals surface area contributed by atoms with Gasteiger partial charge in [-0.1, -0.05) is 30.3 Å². The standard InChI is InChI=1S/C17H18N4/c18-11-16-12-20-17(13-19-16)21-8-6-15(7-9-21)10-14-4-2-1-3-5-14/h1-5,12-13,15H,6-10H2. The zero-order chi connectivity index (χ0) is 14.5. The van der Waals surface area contributed by atoms with Gasteiger partial charge in [0.05, 0.1) is 12.4 Å². The highest BCUT2D eigenvalue weighted by atomic mass is 15.2. The minimum absolute atomic E-state index is 0.373. The summed E-state index contributed by atoms with van der Waals surface area (Å²) >= 11 is 0. The lowest BCUT2D eigenvalue weighted by Crippen LogP contribution is -2.34. The molecule has 1 aromatic heterocycles. The molecule has 21 heavy (non-hydrogen) atoms. The van der Waals surface area contributed by atoms with Crippen LogP contribution in [-0.2, 0) is 6.42 Å². The molecule has 0 radical (unpaired) electrons. The van der Waals surface area contributed by atoms with E-state index in [1.165, 1.54) is 18.4 Å². The van der Waals surface area contributed by atoms with Crippen molar-refractivity contribution in [3.8, 4) is 6.07 Å². The minimum atomic E-state index is 0.373. The first-order valence-corrected chi connectivity index (χ1v) is 7.36. The first-order valence-electron chi connectivity index (χ1n) is 7.36. The fraction of sp³-hybridized carbons (Fsp3) is 0.353. The molecule has 0 bridgehead atoms. The number of hydrogen-bond acceptors (Lipinski definition) is 4. The van der Waals surface area contributed by atoms with E-state index in [9.17, 15) is 0 Å². The Balaban J connectivity index is 1.56. The predicted molar refractivity (Wildman–Crippen MR) is 81.8 cm³/mol. The highest BCUT2D eigenvalue weighted by Crippen LogP contribution is 2.24. The number of nitriles is 1. The molecule has 0 N–H and O–H groups in total. The van der Waals surface area contributed by atoms with Crippen molar-refractivity contribution >= 4 is 5.82 Å². The van der Waals surface area contributed by atoms with E-state index in [0.29, 0.717) is 5.69 Å². The molecular formula is C17H18N4. The molecule has 3 rings (SSSR count). The first-order chi connectivity index (χ1) is 10.3. The van der Waals surface area contributed by atoms with Crippen molar-refractivity contribution in [2.75, 3.05) is 18.0 Å². The van der Waals surface area contributed by atoms with Gasteiger partial charge in [-0.25, -0.2) is 9.97 Å². The van der Waals surface area contributed by atoms with Crippen molar-refractivity contribution in [3.05, 3.63) is 54.0 Å². The monoisotopic (exact) mass is 278 g/mol. The predicted octanol–water partition coefficient (Wildman–Crippen LogP) is 2.81. The van der Waals surface area contributed by atoms with E-state index in [0.717, 1.165) is 31.2 Å². The molecule has 1 aromatic carbocycles. The summed E-state index contributed by atoms with van der Waals surface area (Å²) in [6.07, 6.45) is 6.77. The van der Waals surface area contributed by atoms with Crippen molar-refractivity contribution < 1.29 is 0 Å². The second-order valence-electron chi connectivity index (χ2n) is 5.49. The highest BCUT2D eigenvalue weighted by molar-refractivity contribution is 5.37. The lowest BCUT2D eigenvalue weighted by molar-refractivity contribution is 0.402. The van der Waals surface area contributed by atoms with Crippen molar-refractivity contribution in [1.29, 1.82) is 5.26 Å². The van der Waals surface area contributed by atoms with Crippen LogP contribution in [0.2, 0.25) is 0 Å². The molecule has 0 amide bonds. The van der Waals surface area contributed by atoms with E-state index >= 15 is 0 Å². The van der Waals surface area contributed by atoms with Gasteiger partial charge in [-0.15, -0.1) is 0 Å². The van der Waals surface area contributed by atoms with Crippen LogP contribution >= 0.6 is 0 Å². The molecule has 2 aromatic rings. The molecule has 1 saturated heterocycles. The Kier molecular flexibility index (Phi) is 4.11. The molecule has 0 aliphatic carbocycles. The smallest absolute Gasteiger partial charge is 0.158 e. The Morgan fingerprint density at radius 2 is 1.86 bits per heavy atom. The Labute approximate surface area is 125 Å². The maximum atomic E-state index is 8.75. The number of piperidine rings is 1. The number of nitrogens with zero attached hydrogens (tertiary/aromatic N) is 4. The van der Waals surface area contributed by atoms with Crippen LogP contribution in [0.15, 0.2) is 42.7 Å². The summed E-state index contributed by atoms with van der Waals surface area (Å²) in [5.74, 6) is 1.63. The van der Waals surface area contributed by atoms with Crippen molar-refractivity contribution in [2.24, 2.45) is 5.92 Å². The maximum Gasteiger partial charge on any atom is 0.158 e. The third-order valence-corrected chi connectivity index (χ3v) is 4.06. The van der Waals surface area contributed by atoms with E-state index < -0.39 is 0 Å². The first kappa shape index (κ1) is 13.6. The van der Waals surface area contributed by atoms with Crippen LogP contribution in [0.5, 0.6) is 0 Å². The molecule has 4 heteroatoms. The fourth-order valence-electron chi connectivity index (χ4n) is 2.86. The van der Waals surface area contributed by atoms with Crippen molar-refractivity contribution in [1.82, 2.24) is 9.97 Å². The normalized spacial score (nSPS) is 15.7. The van der Waals surface area contributed by atoms with E-state index in [-0.39, 0.29) is 0 Å². The van der Waals surface area contributed by atoms with Gasteiger partial charge in [0.1, 0.15) is 11.9 Å². The second-order valence-corrected chi connectivity index (χ2v) is 5.49. The third kappa shape index (κ3) is 3.38. The van der Waals surface area contributed by atoms with Crippen LogP contribution in [-0.4, -0.2) is 23.1 Å². The van der Waals surface area contributed by atoms with E-state index in [1.54, 1.807) is 12.4 Å². The van der Waals surface area contributed by atoms with Crippen LogP contribution in [0.25, 0.3) is 0 Å². The summed E-state index contributed by atoms with van der Waals surface area (Å²) in [6.45, 7) is 2.02. The topological polar surface area (TPSA) is 52.8 Å². The molecule has 0 saturated carbocycles. The van der Waals surface area contributed by atoms with Gasteiger partial charge in [0, 0.05) is 13.1 Å². The number of anilines is 1. The van der Waals surface area contributed by atoms with Gasteiger partial charge in [0.2, 0.25) is 0 Å². The summed E-state index contributed by atoms with van der Waals surface area (Å²) in [7, 11) is 0. The molecular weight excluding hydrogens is 260 g/mol. The Morgan fingerprint density at radius 1 is 1.10 bits per heavy atom. The van der Waals surface area contributed by atoms with E-state index in [4.69, 9.17) is 5.26 Å². The van der Waals surface area contributed by atoms with Gasteiger partial charge in [-0.05, 0) is 30.7 Å². The van der Waals surface area contributed by atoms with Gasteiger partial charge in [-0.3, -0.25) is 0 Å². The lowest BCUT2D eigenvalue weighted by atomic mass is 9.90. The SMILES string of the molecule is N#Cc1cnc(N2CCC(Cc3ccccc3)CC2)cn1. The summed E-state index contributed by atoms with van der Waals surface area (Å²) in [6, 6.07) is 12.7. The molecule has 106 valence electrons. The van der Waals surface area contributed by atoms with Gasteiger partial charge in [0.15, 0.2) is 5.69 Å². The number of aromatic nitrogens is 2. The van der Waals surface area contributed by atoms with Crippen LogP contribution in [0.4, 0.5) is 5.82 Å². The van der Waals surface area contributed by atoms with Crippen LogP contribution in [0, 0.1) is 17.2 Å². The number of benzene rings is 1. The Hall–Kier alpha value is -2.41. The van der Waals surface area contributed by atoms with E-state index in [2.05, 4.69) is 45.2 Å². The van der Waals surface area contributed by atoms with Crippen LogP contribution in [0.3, 0.4) is 0 Å². The molecule has 0 unspecified atom stereocenters. The highest BCUT2D eigenvalue weighted by Gasteiger charge is 2.20. The average molecular weight is 278 g/mol. The van der Waals surface area contributed by atoms with Gasteiger partial charge in [-0.2, -0.15) is 5.26 Å². The van der Waals surface area contributed by atoms with Crippen molar-refractivity contribution in [3.63, 3.8) is 0 Å². The Morgan fingerprint density at radius 3 is 2.48 bits per heavy atom. The molecule has 1 aliphatic heterocycles. The maximum absolute atomic E-state index is 8.75. The van der Waals surface area contributed by atoms with Gasteiger partial charge in [0.25, 0.3) is 0 Å². The largest absolute Gasteiger partial charge is 0.355 e. The average Bonchev–Trinajstić information content (AvgIpc) is 2.57. The third-order valence-electron chi connectivity index (χ3n) is 4.06. The molecule has 0 spiro atoms. The number of hydrogen-bond donors (Lipinski definition) is 0. The van der Waals surface area contributed by atoms with Crippen LogP contribution < -0.4 is 4.90 Å². The Bertz CT molecular complexity index is 607. The number of rotatable bonds is 3. The van der Waals surface area contributed by atoms with Gasteiger partial charge >= 0.3 is 0 Å². The zero-order valence-electron chi connectivity index (χ0n) is 11.9. The van der Waals surface area contributed by atoms with Crippen LogP contribution in [0.1, 0.15) is 24.1 Å². The van der Waals surface area contributed by atoms with E-state index in [1.807, 2.05) is 6.07 Å². The second kappa shape index (κ2) is 6.36. The minimum Gasteiger partial charge on any atom is -0.355 e. The molecule has 4 nitrogen and oxygen atoms in total. The zero-order valence-corrected chi connectivity index (χ0v) is 11.9. The quantitative estimate of drug-likeness (QED) is 0.866. The lowest BCUT2D eigenvalue weighted by Gasteiger charge is -2.32. The molecule has 1 aliphatic rings. The molecule has 2 heterocycles. The van der Waals surface area contributed by atoms with Gasteiger partial charge < -0.3 is 4.90 Å². The summed E-state index contributed by atoms with van der Waals surface area (Å²) < 4.78 is 0.